The summed E-state index contributed by atoms with van der Waals surface area (Å²) < 4.78 is 11.9. The van der Waals surface area contributed by atoms with Crippen molar-refractivity contribution < 1.29 is 9.15 Å². The average molecular weight is 419 g/mol. The standard InChI is InChI=1S/C25H17N5O2/c1-31-23-15-16(30-28-25(27-29-30)21-10-4-5-14-26-21)12-13-18(23)20-9-6-8-19-17-7-2-3-11-22(17)32-24(19)20/h2-15H,1H3. The maximum Gasteiger partial charge on any atom is 0.223 e. The number of furan rings is 1. The number of aromatic nitrogens is 5. The fraction of sp³-hybridized carbons (Fsp3) is 0.0400. The maximum absolute atomic E-state index is 6.20. The average Bonchev–Trinajstić information content (AvgIpc) is 3.49. The van der Waals surface area contributed by atoms with E-state index in [0.29, 0.717) is 17.3 Å². The van der Waals surface area contributed by atoms with Crippen LogP contribution in [0.5, 0.6) is 5.75 Å². The van der Waals surface area contributed by atoms with Crippen molar-refractivity contribution in [2.24, 2.45) is 0 Å². The molecule has 0 spiro atoms. The first-order chi connectivity index (χ1) is 15.8. The number of hydrogen-bond donors (Lipinski definition) is 0. The van der Waals surface area contributed by atoms with Crippen LogP contribution in [0.4, 0.5) is 0 Å². The highest BCUT2D eigenvalue weighted by atomic mass is 16.5. The third kappa shape index (κ3) is 2.91. The summed E-state index contributed by atoms with van der Waals surface area (Å²) >= 11 is 0. The Morgan fingerprint density at radius 3 is 2.59 bits per heavy atom. The first-order valence-electron chi connectivity index (χ1n) is 10.1. The second kappa shape index (κ2) is 7.31. The van der Waals surface area contributed by atoms with Crippen molar-refractivity contribution >= 4 is 21.9 Å². The quantitative estimate of drug-likeness (QED) is 0.386. The summed E-state index contributed by atoms with van der Waals surface area (Å²) in [7, 11) is 1.65. The van der Waals surface area contributed by atoms with Crippen molar-refractivity contribution in [3.8, 4) is 34.1 Å². The highest BCUT2D eigenvalue weighted by Crippen LogP contribution is 2.39. The Hall–Kier alpha value is -4.52. The normalized spacial score (nSPS) is 11.3. The molecule has 7 nitrogen and oxygen atoms in total. The van der Waals surface area contributed by atoms with Crippen LogP contribution in [-0.4, -0.2) is 32.3 Å². The molecule has 0 atom stereocenters. The molecule has 0 saturated heterocycles. The summed E-state index contributed by atoms with van der Waals surface area (Å²) in [5, 5.41) is 14.9. The molecule has 32 heavy (non-hydrogen) atoms. The van der Waals surface area contributed by atoms with Gasteiger partial charge in [-0.15, -0.1) is 15.0 Å². The van der Waals surface area contributed by atoms with Gasteiger partial charge in [0.25, 0.3) is 0 Å². The summed E-state index contributed by atoms with van der Waals surface area (Å²) in [5.41, 5.74) is 4.97. The number of ether oxygens (including phenoxy) is 1. The van der Waals surface area contributed by atoms with Gasteiger partial charge < -0.3 is 9.15 Å². The number of tetrazole rings is 1. The number of para-hydroxylation sites is 2. The maximum atomic E-state index is 6.20. The van der Waals surface area contributed by atoms with Crippen molar-refractivity contribution in [3.63, 3.8) is 0 Å². The second-order valence-corrected chi connectivity index (χ2v) is 7.28. The number of methoxy groups -OCH3 is 1. The molecular weight excluding hydrogens is 402 g/mol. The van der Waals surface area contributed by atoms with Gasteiger partial charge in [0.2, 0.25) is 5.82 Å². The zero-order valence-corrected chi connectivity index (χ0v) is 17.1. The molecule has 0 saturated carbocycles. The van der Waals surface area contributed by atoms with Crippen LogP contribution in [0.1, 0.15) is 0 Å². The Morgan fingerprint density at radius 2 is 1.72 bits per heavy atom. The van der Waals surface area contributed by atoms with E-state index in [4.69, 9.17) is 9.15 Å². The summed E-state index contributed by atoms with van der Waals surface area (Å²) in [6.07, 6.45) is 1.70. The van der Waals surface area contributed by atoms with Crippen LogP contribution in [0.25, 0.3) is 50.3 Å². The third-order valence-corrected chi connectivity index (χ3v) is 5.42. The van der Waals surface area contributed by atoms with E-state index >= 15 is 0 Å². The van der Waals surface area contributed by atoms with Gasteiger partial charge in [-0.05, 0) is 35.5 Å². The van der Waals surface area contributed by atoms with Crippen LogP contribution in [-0.2, 0) is 0 Å². The number of rotatable bonds is 4. The molecule has 6 aromatic rings. The largest absolute Gasteiger partial charge is 0.496 e. The molecule has 7 heteroatoms. The molecule has 6 rings (SSSR count). The molecule has 0 fully saturated rings. The second-order valence-electron chi connectivity index (χ2n) is 7.28. The number of hydrogen-bond acceptors (Lipinski definition) is 6. The van der Waals surface area contributed by atoms with Gasteiger partial charge in [0.1, 0.15) is 22.6 Å². The Balaban J connectivity index is 1.45. The smallest absolute Gasteiger partial charge is 0.223 e. The fourth-order valence-corrected chi connectivity index (χ4v) is 3.91. The lowest BCUT2D eigenvalue weighted by molar-refractivity contribution is 0.416. The molecule has 3 aromatic carbocycles. The van der Waals surface area contributed by atoms with Gasteiger partial charge in [-0.3, -0.25) is 4.98 Å². The summed E-state index contributed by atoms with van der Waals surface area (Å²) in [5.74, 6) is 1.15. The highest BCUT2D eigenvalue weighted by Gasteiger charge is 2.16. The van der Waals surface area contributed by atoms with E-state index in [1.54, 1.807) is 13.3 Å². The van der Waals surface area contributed by atoms with Gasteiger partial charge in [0.05, 0.1) is 12.8 Å². The van der Waals surface area contributed by atoms with Crippen LogP contribution in [0.15, 0.2) is 89.5 Å². The molecule has 3 heterocycles. The molecule has 0 bridgehead atoms. The number of fused-ring (bicyclic) bond motifs is 3. The molecule has 0 amide bonds. The van der Waals surface area contributed by atoms with Crippen LogP contribution in [0.2, 0.25) is 0 Å². The third-order valence-electron chi connectivity index (χ3n) is 5.42. The zero-order chi connectivity index (χ0) is 21.5. The number of benzene rings is 3. The van der Waals surface area contributed by atoms with Crippen molar-refractivity contribution in [1.29, 1.82) is 0 Å². The van der Waals surface area contributed by atoms with Crippen LogP contribution >= 0.6 is 0 Å². The van der Waals surface area contributed by atoms with E-state index < -0.39 is 0 Å². The fourth-order valence-electron chi connectivity index (χ4n) is 3.91. The zero-order valence-electron chi connectivity index (χ0n) is 17.1. The molecule has 0 aliphatic carbocycles. The first-order valence-corrected chi connectivity index (χ1v) is 10.1. The highest BCUT2D eigenvalue weighted by molar-refractivity contribution is 6.09. The molecule has 0 N–H and O–H groups in total. The number of pyridine rings is 1. The SMILES string of the molecule is COc1cc(-n2nnc(-c3ccccn3)n2)ccc1-c1cccc2c1oc1ccccc12. The van der Waals surface area contributed by atoms with E-state index in [-0.39, 0.29) is 0 Å². The molecule has 0 aliphatic rings. The van der Waals surface area contributed by atoms with Crippen LogP contribution in [0, 0.1) is 0 Å². The van der Waals surface area contributed by atoms with Crippen molar-refractivity contribution in [3.05, 3.63) is 85.1 Å². The summed E-state index contributed by atoms with van der Waals surface area (Å²) in [6.45, 7) is 0. The van der Waals surface area contributed by atoms with Gasteiger partial charge in [-0.2, -0.15) is 0 Å². The van der Waals surface area contributed by atoms with Gasteiger partial charge >= 0.3 is 0 Å². The lowest BCUT2D eigenvalue weighted by Crippen LogP contribution is -2.00. The van der Waals surface area contributed by atoms with Gasteiger partial charge in [0.15, 0.2) is 0 Å². The topological polar surface area (TPSA) is 78.9 Å². The molecule has 0 radical (unpaired) electrons. The lowest BCUT2D eigenvalue weighted by atomic mass is 10.0. The predicted molar refractivity (Wildman–Crippen MR) is 122 cm³/mol. The van der Waals surface area contributed by atoms with Gasteiger partial charge in [-0.1, -0.05) is 42.5 Å². The minimum absolute atomic E-state index is 0.459. The van der Waals surface area contributed by atoms with Crippen molar-refractivity contribution in [1.82, 2.24) is 25.2 Å². The summed E-state index contributed by atoms with van der Waals surface area (Å²) in [6, 6.07) is 25.6. The van der Waals surface area contributed by atoms with Crippen molar-refractivity contribution in [2.45, 2.75) is 0 Å². The Labute approximate surface area is 182 Å². The van der Waals surface area contributed by atoms with E-state index in [1.807, 2.05) is 66.7 Å². The molecule has 0 aliphatic heterocycles. The first kappa shape index (κ1) is 18.3. The van der Waals surface area contributed by atoms with Crippen LogP contribution < -0.4 is 4.74 Å². The van der Waals surface area contributed by atoms with Gasteiger partial charge in [-0.25, -0.2) is 0 Å². The Kier molecular flexibility index (Phi) is 4.18. The minimum atomic E-state index is 0.459. The van der Waals surface area contributed by atoms with Crippen molar-refractivity contribution in [2.75, 3.05) is 7.11 Å². The minimum Gasteiger partial charge on any atom is -0.496 e. The molecular formula is C25H17N5O2. The van der Waals surface area contributed by atoms with Gasteiger partial charge in [0, 0.05) is 34.2 Å². The van der Waals surface area contributed by atoms with E-state index in [1.165, 1.54) is 4.80 Å². The molecule has 154 valence electrons. The number of nitrogens with zero attached hydrogens (tertiary/aromatic N) is 5. The Morgan fingerprint density at radius 1 is 0.844 bits per heavy atom. The van der Waals surface area contributed by atoms with E-state index in [9.17, 15) is 0 Å². The molecule has 0 unspecified atom stereocenters. The molecule has 3 aromatic heterocycles. The van der Waals surface area contributed by atoms with Crippen LogP contribution in [0.3, 0.4) is 0 Å². The monoisotopic (exact) mass is 419 g/mol. The predicted octanol–water partition coefficient (Wildman–Crippen LogP) is 5.30. The lowest BCUT2D eigenvalue weighted by Gasteiger charge is -2.11. The van der Waals surface area contributed by atoms with E-state index in [2.05, 4.69) is 32.5 Å². The summed E-state index contributed by atoms with van der Waals surface area (Å²) in [4.78, 5) is 5.75. The Bertz CT molecular complexity index is 1570. The van der Waals surface area contributed by atoms with E-state index in [0.717, 1.165) is 38.8 Å².